The molecule has 2 N–H and O–H groups in total. The minimum absolute atomic E-state index is 0.227. The summed E-state index contributed by atoms with van der Waals surface area (Å²) in [6.45, 7) is 1.63. The van der Waals surface area contributed by atoms with Crippen molar-refractivity contribution in [2.24, 2.45) is 0 Å². The maximum absolute atomic E-state index is 11.1. The van der Waals surface area contributed by atoms with Crippen LogP contribution in [0.3, 0.4) is 0 Å². The number of carbonyl (C=O) groups excluding carboxylic acids is 1. The van der Waals surface area contributed by atoms with Crippen molar-refractivity contribution in [3.63, 3.8) is 0 Å². The Balaban J connectivity index is 3.39. The van der Waals surface area contributed by atoms with Crippen LogP contribution in [0.4, 0.5) is 0 Å². The monoisotopic (exact) mass is 243 g/mol. The third kappa shape index (κ3) is 2.88. The van der Waals surface area contributed by atoms with Crippen LogP contribution in [0, 0.1) is 0 Å². The number of Topliss-reactive ketones (excluding diaryl/α,β-unsaturated/α-hetero) is 1. The van der Waals surface area contributed by atoms with Crippen LogP contribution in [-0.4, -0.2) is 25.8 Å². The lowest BCUT2D eigenvalue weighted by molar-refractivity contribution is 0.101. The van der Waals surface area contributed by atoms with Crippen LogP contribution in [0.2, 0.25) is 0 Å². The van der Waals surface area contributed by atoms with Crippen LogP contribution < -0.4 is 5.32 Å². The molecule has 0 aliphatic carbocycles. The van der Waals surface area contributed by atoms with E-state index in [1.807, 2.05) is 0 Å². The number of hydrogen-bond acceptors (Lipinski definition) is 4. The third-order valence-corrected chi connectivity index (χ3v) is 3.05. The van der Waals surface area contributed by atoms with Crippen molar-refractivity contribution in [1.82, 2.24) is 5.32 Å². The molecule has 0 spiro atoms. The van der Waals surface area contributed by atoms with Crippen LogP contribution in [0.15, 0.2) is 23.1 Å². The fourth-order valence-corrected chi connectivity index (χ4v) is 2.10. The number of rotatable bonds is 4. The van der Waals surface area contributed by atoms with Gasteiger partial charge in [0.05, 0.1) is 4.90 Å². The van der Waals surface area contributed by atoms with Gasteiger partial charge in [0.25, 0.3) is 10.1 Å². The molecule has 1 rings (SSSR count). The maximum Gasteiger partial charge on any atom is 0.294 e. The minimum atomic E-state index is -4.30. The average Bonchev–Trinajstić information content (AvgIpc) is 2.16. The number of ketones is 1. The first-order chi connectivity index (χ1) is 7.36. The summed E-state index contributed by atoms with van der Waals surface area (Å²) in [6.07, 6.45) is 0. The molecule has 0 unspecified atom stereocenters. The summed E-state index contributed by atoms with van der Waals surface area (Å²) in [5.41, 5.74) is 0.683. The molecule has 0 saturated heterocycles. The molecule has 0 fully saturated rings. The first kappa shape index (κ1) is 12.8. The van der Waals surface area contributed by atoms with Gasteiger partial charge in [-0.25, -0.2) is 0 Å². The van der Waals surface area contributed by atoms with Crippen molar-refractivity contribution in [3.05, 3.63) is 29.3 Å². The molecular weight excluding hydrogens is 230 g/mol. The number of carbonyl (C=O) groups is 1. The van der Waals surface area contributed by atoms with Gasteiger partial charge in [-0.3, -0.25) is 9.35 Å². The molecule has 0 bridgehead atoms. The molecular formula is C10H13NO4S. The predicted molar refractivity (Wildman–Crippen MR) is 59.0 cm³/mol. The predicted octanol–water partition coefficient (Wildman–Crippen LogP) is 0.855. The SMILES string of the molecule is CNCc1ccc(C(C)=O)cc1S(=O)(=O)O. The first-order valence-electron chi connectivity index (χ1n) is 4.62. The zero-order chi connectivity index (χ0) is 12.3. The first-order valence-corrected chi connectivity index (χ1v) is 6.06. The summed E-state index contributed by atoms with van der Waals surface area (Å²) in [7, 11) is -2.64. The quantitative estimate of drug-likeness (QED) is 0.605. The van der Waals surface area contributed by atoms with E-state index in [9.17, 15) is 13.2 Å². The second-order valence-corrected chi connectivity index (χ2v) is 4.77. The second kappa shape index (κ2) is 4.73. The highest BCUT2D eigenvalue weighted by molar-refractivity contribution is 7.85. The highest BCUT2D eigenvalue weighted by atomic mass is 32.2. The number of hydrogen-bond donors (Lipinski definition) is 2. The van der Waals surface area contributed by atoms with E-state index < -0.39 is 10.1 Å². The van der Waals surface area contributed by atoms with Gasteiger partial charge in [0.2, 0.25) is 0 Å². The Morgan fingerprint density at radius 2 is 2.06 bits per heavy atom. The Morgan fingerprint density at radius 3 is 2.50 bits per heavy atom. The molecule has 16 heavy (non-hydrogen) atoms. The average molecular weight is 243 g/mol. The molecule has 0 heterocycles. The molecule has 1 aromatic rings. The molecule has 0 saturated carbocycles. The van der Waals surface area contributed by atoms with Crippen LogP contribution in [-0.2, 0) is 16.7 Å². The summed E-state index contributed by atoms with van der Waals surface area (Å²) in [5.74, 6) is -0.249. The van der Waals surface area contributed by atoms with E-state index in [0.29, 0.717) is 12.1 Å². The molecule has 0 aromatic heterocycles. The van der Waals surface area contributed by atoms with Gasteiger partial charge in [-0.2, -0.15) is 8.42 Å². The second-order valence-electron chi connectivity index (χ2n) is 3.38. The Kier molecular flexibility index (Phi) is 3.79. The van der Waals surface area contributed by atoms with Crippen molar-refractivity contribution in [1.29, 1.82) is 0 Å². The Morgan fingerprint density at radius 1 is 1.44 bits per heavy atom. The normalized spacial score (nSPS) is 11.4. The topological polar surface area (TPSA) is 83.5 Å². The standard InChI is InChI=1S/C10H13NO4S/c1-7(12)8-3-4-9(6-11-2)10(5-8)16(13,14)15/h3-5,11H,6H2,1-2H3,(H,13,14,15). The van der Waals surface area contributed by atoms with Gasteiger partial charge in [-0.05, 0) is 25.6 Å². The molecule has 0 aliphatic heterocycles. The van der Waals surface area contributed by atoms with Gasteiger partial charge < -0.3 is 5.32 Å². The van der Waals surface area contributed by atoms with Gasteiger partial charge in [-0.1, -0.05) is 12.1 Å². The van der Waals surface area contributed by atoms with Crippen LogP contribution >= 0.6 is 0 Å². The van der Waals surface area contributed by atoms with E-state index in [1.165, 1.54) is 25.1 Å². The molecule has 0 radical (unpaired) electrons. The molecule has 6 heteroatoms. The number of nitrogens with one attached hydrogen (secondary N) is 1. The summed E-state index contributed by atoms with van der Waals surface area (Å²) in [6, 6.07) is 4.23. The lowest BCUT2D eigenvalue weighted by Crippen LogP contribution is -2.11. The molecule has 0 aliphatic rings. The maximum atomic E-state index is 11.1. The Hall–Kier alpha value is -1.24. The van der Waals surface area contributed by atoms with Crippen LogP contribution in [0.1, 0.15) is 22.8 Å². The van der Waals surface area contributed by atoms with Crippen molar-refractivity contribution in [2.75, 3.05) is 7.05 Å². The van der Waals surface area contributed by atoms with E-state index >= 15 is 0 Å². The third-order valence-electron chi connectivity index (χ3n) is 2.12. The lowest BCUT2D eigenvalue weighted by atomic mass is 10.1. The summed E-state index contributed by atoms with van der Waals surface area (Å²) >= 11 is 0. The largest absolute Gasteiger partial charge is 0.316 e. The smallest absolute Gasteiger partial charge is 0.294 e. The number of benzene rings is 1. The lowest BCUT2D eigenvalue weighted by Gasteiger charge is -2.07. The van der Waals surface area contributed by atoms with Gasteiger partial charge in [0.15, 0.2) is 5.78 Å². The van der Waals surface area contributed by atoms with Crippen LogP contribution in [0.25, 0.3) is 0 Å². The van der Waals surface area contributed by atoms with E-state index in [1.54, 1.807) is 7.05 Å². The van der Waals surface area contributed by atoms with Gasteiger partial charge in [0, 0.05) is 12.1 Å². The Bertz CT molecular complexity index is 508. The molecule has 0 atom stereocenters. The zero-order valence-corrected chi connectivity index (χ0v) is 9.84. The highest BCUT2D eigenvalue weighted by Crippen LogP contribution is 2.18. The summed E-state index contributed by atoms with van der Waals surface area (Å²) < 4.78 is 31.3. The summed E-state index contributed by atoms with van der Waals surface area (Å²) in [5, 5.41) is 2.78. The van der Waals surface area contributed by atoms with Gasteiger partial charge in [-0.15, -0.1) is 0 Å². The Labute approximate surface area is 94.2 Å². The zero-order valence-electron chi connectivity index (χ0n) is 9.02. The molecule has 5 nitrogen and oxygen atoms in total. The molecule has 1 aromatic carbocycles. The van der Waals surface area contributed by atoms with Crippen molar-refractivity contribution < 1.29 is 17.8 Å². The van der Waals surface area contributed by atoms with Gasteiger partial charge in [0.1, 0.15) is 0 Å². The molecule has 88 valence electrons. The van der Waals surface area contributed by atoms with Crippen LogP contribution in [0.5, 0.6) is 0 Å². The fraction of sp³-hybridized carbons (Fsp3) is 0.300. The van der Waals surface area contributed by atoms with Crippen molar-refractivity contribution in [3.8, 4) is 0 Å². The van der Waals surface area contributed by atoms with E-state index in [0.717, 1.165) is 0 Å². The van der Waals surface area contributed by atoms with Crippen molar-refractivity contribution in [2.45, 2.75) is 18.4 Å². The highest BCUT2D eigenvalue weighted by Gasteiger charge is 2.16. The van der Waals surface area contributed by atoms with Crippen molar-refractivity contribution >= 4 is 15.9 Å². The van der Waals surface area contributed by atoms with E-state index in [2.05, 4.69) is 5.32 Å². The molecule has 0 amide bonds. The minimum Gasteiger partial charge on any atom is -0.316 e. The van der Waals surface area contributed by atoms with E-state index in [4.69, 9.17) is 4.55 Å². The summed E-state index contributed by atoms with van der Waals surface area (Å²) in [4.78, 5) is 10.9. The fourth-order valence-electron chi connectivity index (χ4n) is 1.35. The van der Waals surface area contributed by atoms with Gasteiger partial charge >= 0.3 is 0 Å². The van der Waals surface area contributed by atoms with E-state index in [-0.39, 0.29) is 16.2 Å².